The Morgan fingerprint density at radius 3 is 2.20 bits per heavy atom. The third kappa shape index (κ3) is 3.72. The predicted octanol–water partition coefficient (Wildman–Crippen LogP) is -0.251. The van der Waals surface area contributed by atoms with Crippen molar-refractivity contribution < 1.29 is 0 Å². The van der Waals surface area contributed by atoms with E-state index in [1.54, 1.807) is 17.7 Å². The molecule has 0 aliphatic carbocycles. The molecule has 0 spiro atoms. The first kappa shape index (κ1) is 4.72. The van der Waals surface area contributed by atoms with E-state index >= 15 is 0 Å². The summed E-state index contributed by atoms with van der Waals surface area (Å²) in [7, 11) is 0. The average molecular weight is 56.0 g/mol. The quantitative estimate of drug-likeness (QED) is 0.265. The molecule has 0 N–H and O–H groups in total. The van der Waals surface area contributed by atoms with Gasteiger partial charge in [0.2, 0.25) is 0 Å². The molecule has 0 unspecified atom stereocenters. The molecule has 0 nitrogen and oxygen atoms in total. The van der Waals surface area contributed by atoms with Gasteiger partial charge in [-0.3, -0.25) is 0 Å². The molecule has 0 fully saturated rings. The summed E-state index contributed by atoms with van der Waals surface area (Å²) in [4.78, 5) is 0. The van der Waals surface area contributed by atoms with Gasteiger partial charge in [0.05, 0.1) is 0 Å². The number of hydrogen-bond acceptors (Lipinski definition) is 0. The summed E-state index contributed by atoms with van der Waals surface area (Å²) in [5.74, 6) is 4.55. The minimum atomic E-state index is 1.71. The second kappa shape index (κ2) is 3.72. The van der Waals surface area contributed by atoms with Gasteiger partial charge in [0.1, 0.15) is 0 Å². The summed E-state index contributed by atoms with van der Waals surface area (Å²) in [6, 6.07) is 0. The number of terminal acetylenes is 1. The van der Waals surface area contributed by atoms with Gasteiger partial charge in [0.25, 0.3) is 0 Å². The van der Waals surface area contributed by atoms with E-state index in [1.807, 2.05) is 0 Å². The molecule has 0 aliphatic rings. The van der Waals surface area contributed by atoms with E-state index in [-0.39, 0.29) is 0 Å². The van der Waals surface area contributed by atoms with E-state index in [4.69, 9.17) is 6.42 Å². The van der Waals surface area contributed by atoms with Crippen LogP contribution >= 0.6 is 0 Å². The molecule has 5 heavy (non-hydrogen) atoms. The van der Waals surface area contributed by atoms with E-state index in [0.717, 1.165) is 0 Å². The molecular weight excluding hydrogens is 55.0 g/mol. The first-order valence-electron chi connectivity index (χ1n) is 1.29. The van der Waals surface area contributed by atoms with E-state index in [9.17, 15) is 0 Å². The van der Waals surface area contributed by atoms with Crippen LogP contribution in [0.15, 0.2) is 0 Å². The Balaban J connectivity index is 3.30. The van der Waals surface area contributed by atoms with Gasteiger partial charge in [-0.05, 0) is 0 Å². The monoisotopic (exact) mass is 56.0 g/mol. The first-order valence-corrected chi connectivity index (χ1v) is 1.29. The van der Waals surface area contributed by atoms with Crippen molar-refractivity contribution in [1.29, 1.82) is 0 Å². The second-order valence-corrected chi connectivity index (χ2v) is 0.519. The van der Waals surface area contributed by atoms with E-state index in [1.165, 1.54) is 0 Å². The van der Waals surface area contributed by atoms with Crippen LogP contribution in [0.25, 0.3) is 0 Å². The van der Waals surface area contributed by atoms with Crippen molar-refractivity contribution in [1.82, 2.24) is 0 Å². The number of rotatable bonds is 0. The Morgan fingerprint density at radius 2 is 2.20 bits per heavy atom. The van der Waals surface area contributed by atoms with Crippen LogP contribution in [-0.2, 0) is 0 Å². The van der Waals surface area contributed by atoms with Gasteiger partial charge >= 0.3 is 40.6 Å². The van der Waals surface area contributed by atoms with Crippen molar-refractivity contribution in [3.8, 4) is 22.9 Å². The standard InChI is InChI=1S/C4H.Li/c1-3-4-2;/h1H;. The van der Waals surface area contributed by atoms with Crippen molar-refractivity contribution in [3.63, 3.8) is 0 Å². The first-order chi connectivity index (χ1) is 2.41. The zero-order valence-corrected chi connectivity index (χ0v) is 3.08. The minimum absolute atomic E-state index is 1.71. The van der Waals surface area contributed by atoms with Gasteiger partial charge < -0.3 is 0 Å². The molecule has 0 amide bonds. The van der Waals surface area contributed by atoms with Gasteiger partial charge in [0.15, 0.2) is 0 Å². The van der Waals surface area contributed by atoms with Gasteiger partial charge in [-0.1, -0.05) is 0 Å². The van der Waals surface area contributed by atoms with Crippen molar-refractivity contribution in [2.45, 2.75) is 0 Å². The molecule has 0 saturated heterocycles. The summed E-state index contributed by atoms with van der Waals surface area (Å²) in [5, 5.41) is 0. The van der Waals surface area contributed by atoms with Gasteiger partial charge in [0, 0.05) is 0 Å². The van der Waals surface area contributed by atoms with Crippen LogP contribution in [0.4, 0.5) is 0 Å². The van der Waals surface area contributed by atoms with E-state index in [0.29, 0.717) is 0 Å². The summed E-state index contributed by atoms with van der Waals surface area (Å²) in [5.41, 5.74) is 0. The predicted molar refractivity (Wildman–Crippen MR) is 22.4 cm³/mol. The summed E-state index contributed by atoms with van der Waals surface area (Å²) >= 11 is 1.71. The fourth-order valence-electron chi connectivity index (χ4n) is 0.0722. The molecule has 18 valence electrons. The Labute approximate surface area is 41.2 Å². The molecule has 0 aromatic rings. The fraction of sp³-hybridized carbons (Fsp3) is 0. The average Bonchev–Trinajstić information content (AvgIpc) is 1.41. The van der Waals surface area contributed by atoms with Crippen LogP contribution in [0.5, 0.6) is 0 Å². The van der Waals surface area contributed by atoms with Crippen LogP contribution in [-0.4, -0.2) is 17.7 Å². The zero-order valence-electron chi connectivity index (χ0n) is 3.08. The topological polar surface area (TPSA) is 0 Å². The second-order valence-electron chi connectivity index (χ2n) is 0.519. The van der Waals surface area contributed by atoms with Crippen LogP contribution in [0.3, 0.4) is 0 Å². The van der Waals surface area contributed by atoms with Gasteiger partial charge in [-0.15, -0.1) is 0 Å². The Kier molecular flexibility index (Phi) is 3.51. The molecule has 0 aromatic carbocycles. The van der Waals surface area contributed by atoms with E-state index in [2.05, 4.69) is 16.4 Å². The maximum atomic E-state index is 4.72. The molecule has 0 heterocycles. The van der Waals surface area contributed by atoms with Crippen LogP contribution < -0.4 is 0 Å². The summed E-state index contributed by atoms with van der Waals surface area (Å²) in [6.07, 6.45) is 4.72. The van der Waals surface area contributed by atoms with E-state index < -0.39 is 0 Å². The van der Waals surface area contributed by atoms with Crippen LogP contribution in [0.2, 0.25) is 0 Å². The normalized spacial score (nSPS) is 3.40. The molecule has 0 radical (unpaired) electrons. The number of hydrogen-bond donors (Lipinski definition) is 0. The summed E-state index contributed by atoms with van der Waals surface area (Å²) < 4.78 is 2.53. The Bertz CT molecular complexity index is 97.0. The molecule has 0 saturated carbocycles. The SMILES string of the molecule is [Li][C]#CC#C. The maximum absolute atomic E-state index is 4.72. The van der Waals surface area contributed by atoms with Gasteiger partial charge in [-0.25, -0.2) is 0 Å². The van der Waals surface area contributed by atoms with Crippen molar-refractivity contribution >= 4 is 17.7 Å². The van der Waals surface area contributed by atoms with Crippen LogP contribution in [0.1, 0.15) is 0 Å². The molecule has 0 bridgehead atoms. The van der Waals surface area contributed by atoms with Crippen molar-refractivity contribution in [3.05, 3.63) is 0 Å². The Hall–Kier alpha value is -0.283. The molecule has 1 heteroatoms. The molecule has 0 aliphatic heterocycles. The molecule has 0 atom stereocenters. The molecule has 0 aromatic heterocycles. The Morgan fingerprint density at radius 1 is 1.60 bits per heavy atom. The molecule has 0 rings (SSSR count). The molecular formula is C4HLi. The van der Waals surface area contributed by atoms with Crippen molar-refractivity contribution in [2.24, 2.45) is 0 Å². The third-order valence-corrected chi connectivity index (χ3v) is 0.197. The summed E-state index contributed by atoms with van der Waals surface area (Å²) in [6.45, 7) is 0. The van der Waals surface area contributed by atoms with Gasteiger partial charge in [-0.2, -0.15) is 0 Å². The van der Waals surface area contributed by atoms with Crippen molar-refractivity contribution in [2.75, 3.05) is 0 Å². The van der Waals surface area contributed by atoms with Crippen LogP contribution in [0, 0.1) is 22.9 Å². The third-order valence-electron chi connectivity index (χ3n) is 0.197. The zero-order chi connectivity index (χ0) is 4.12. The fourth-order valence-corrected chi connectivity index (χ4v) is 0.0722.